The second-order valence-electron chi connectivity index (χ2n) is 27.4. The highest BCUT2D eigenvalue weighted by molar-refractivity contribution is 4.87. The number of piperidine rings is 1. The summed E-state index contributed by atoms with van der Waals surface area (Å²) in [6.45, 7) is 55.2. The van der Waals surface area contributed by atoms with Crippen LogP contribution in [0.4, 0.5) is 52.7 Å². The summed E-state index contributed by atoms with van der Waals surface area (Å²) in [5, 5.41) is 0. The van der Waals surface area contributed by atoms with Gasteiger partial charge in [0.15, 0.2) is 0 Å². The lowest BCUT2D eigenvalue weighted by molar-refractivity contribution is -0.217. The first-order chi connectivity index (χ1) is 42.5. The van der Waals surface area contributed by atoms with Crippen molar-refractivity contribution in [3.63, 3.8) is 0 Å². The van der Waals surface area contributed by atoms with Crippen LogP contribution in [0.5, 0.6) is 0 Å². The molecule has 8 rings (SSSR count). The van der Waals surface area contributed by atoms with E-state index in [0.717, 1.165) is 85.2 Å². The summed E-state index contributed by atoms with van der Waals surface area (Å²) < 4.78 is 186. The van der Waals surface area contributed by atoms with E-state index >= 15 is 0 Å². The lowest BCUT2D eigenvalue weighted by Gasteiger charge is -2.39. The Labute approximate surface area is 547 Å². The predicted octanol–water partition coefficient (Wildman–Crippen LogP) is 12.2. The van der Waals surface area contributed by atoms with Gasteiger partial charge in [-0.3, -0.25) is 39.2 Å². The lowest BCUT2D eigenvalue weighted by Crippen LogP contribution is -2.55. The maximum absolute atomic E-state index is 12.5. The summed E-state index contributed by atoms with van der Waals surface area (Å²) >= 11 is 0. The topological polar surface area (TPSA) is 90.5 Å². The van der Waals surface area contributed by atoms with E-state index in [1.165, 1.54) is 14.7 Å². The summed E-state index contributed by atoms with van der Waals surface area (Å²) in [6, 6.07) is -3.08. The van der Waals surface area contributed by atoms with E-state index in [-0.39, 0.29) is 50.4 Å². The molecule has 0 bridgehead atoms. The quantitative estimate of drug-likeness (QED) is 0.216. The summed E-state index contributed by atoms with van der Waals surface area (Å²) in [4.78, 5) is 15.7. The number of nitrogens with zero attached hydrogens (tertiary/aromatic N) is 8. The van der Waals surface area contributed by atoms with Crippen molar-refractivity contribution in [3.05, 3.63) is 0 Å². The zero-order chi connectivity index (χ0) is 70.5. The minimum absolute atomic E-state index is 0.00748. The number of rotatable bonds is 8. The van der Waals surface area contributed by atoms with Gasteiger partial charge >= 0.3 is 24.7 Å². The molecule has 8 atom stereocenters. The fraction of sp³-hybridized carbons (Fsp3) is 1.00. The molecule has 27 heteroatoms. The first kappa shape index (κ1) is 88.6. The highest BCUT2D eigenvalue weighted by atomic mass is 19.4. The molecule has 0 radical (unpaired) electrons. The van der Waals surface area contributed by atoms with Gasteiger partial charge in [-0.1, -0.05) is 6.42 Å². The maximum Gasteiger partial charge on any atom is 0.406 e. The molecule has 0 aromatic heterocycles. The largest absolute Gasteiger partial charge is 0.406 e. The van der Waals surface area contributed by atoms with Crippen molar-refractivity contribution in [2.45, 2.75) is 279 Å². The van der Waals surface area contributed by atoms with Crippen LogP contribution in [0, 0.1) is 0 Å². The lowest BCUT2D eigenvalue weighted by atomic mass is 10.00. The average molecular weight is 1360 g/mol. The number of alkyl halides is 12. The molecule has 0 unspecified atom stereocenters. The van der Waals surface area contributed by atoms with Crippen LogP contribution in [-0.4, -0.2) is 305 Å². The fourth-order valence-corrected chi connectivity index (χ4v) is 11.7. The third-order valence-electron chi connectivity index (χ3n) is 17.2. The normalized spacial score (nSPS) is 27.9. The van der Waals surface area contributed by atoms with Crippen LogP contribution in [0.15, 0.2) is 0 Å². The zero-order valence-corrected chi connectivity index (χ0v) is 59.9. The molecule has 8 aliphatic rings. The smallest absolute Gasteiger partial charge is 0.378 e. The molecule has 8 fully saturated rings. The molecular formula is C65H126F12N8O7. The standard InChI is InChI=1S/C9H16F3N.3C8H14F3NO.4C8H17NO/c1-7(2)13-6-4-3-5-8(13)9(10,11)12;3*1-6(2)12-3-4-13-5-7(12)8(9,10)11;4*1-7(2)9-4-5-10-8(3)6-9/h7-8H,3-6H2,1-2H3;3*6-7H,3-5H2,1-2H3;4*7-8H,4-6H2,1-3H3/t8-;3*7-;4*8-/m11001100/s1. The Hall–Kier alpha value is -1.44. The van der Waals surface area contributed by atoms with Crippen molar-refractivity contribution in [3.8, 4) is 0 Å². The van der Waals surface area contributed by atoms with E-state index in [9.17, 15) is 52.7 Å². The van der Waals surface area contributed by atoms with Crippen LogP contribution in [0.1, 0.15) is 158 Å². The molecule has 0 amide bonds. The van der Waals surface area contributed by atoms with Gasteiger partial charge in [0.1, 0.15) is 24.2 Å². The van der Waals surface area contributed by atoms with Gasteiger partial charge in [0.2, 0.25) is 0 Å². The Morgan fingerprint density at radius 1 is 0.272 bits per heavy atom. The van der Waals surface area contributed by atoms with Crippen molar-refractivity contribution in [2.75, 3.05) is 145 Å². The van der Waals surface area contributed by atoms with Gasteiger partial charge in [-0.15, -0.1) is 0 Å². The van der Waals surface area contributed by atoms with Gasteiger partial charge in [0.05, 0.1) is 90.5 Å². The van der Waals surface area contributed by atoms with E-state index in [2.05, 4.69) is 103 Å². The molecule has 0 N–H and O–H groups in total. The van der Waals surface area contributed by atoms with Crippen LogP contribution in [0.25, 0.3) is 0 Å². The zero-order valence-electron chi connectivity index (χ0n) is 59.9. The van der Waals surface area contributed by atoms with Crippen LogP contribution >= 0.6 is 0 Å². The fourth-order valence-electron chi connectivity index (χ4n) is 11.7. The second-order valence-corrected chi connectivity index (χ2v) is 27.4. The molecular weight excluding hydrogens is 1230 g/mol. The van der Waals surface area contributed by atoms with E-state index in [1.807, 2.05) is 13.8 Å². The Kier molecular flexibility index (Phi) is 42.2. The molecule has 8 heterocycles. The van der Waals surface area contributed by atoms with Crippen LogP contribution in [0.2, 0.25) is 0 Å². The summed E-state index contributed by atoms with van der Waals surface area (Å²) in [5.74, 6) is 0. The van der Waals surface area contributed by atoms with Crippen molar-refractivity contribution < 1.29 is 85.8 Å². The molecule has 0 saturated carbocycles. The van der Waals surface area contributed by atoms with Gasteiger partial charge in [0, 0.05) is 120 Å². The number of ether oxygens (including phenoxy) is 7. The molecule has 0 aliphatic carbocycles. The number of morpholine rings is 7. The summed E-state index contributed by atoms with van der Waals surface area (Å²) in [6.07, 6.45) is -13.0. The Morgan fingerprint density at radius 3 is 0.641 bits per heavy atom. The first-order valence-corrected chi connectivity index (χ1v) is 34.0. The minimum Gasteiger partial charge on any atom is -0.378 e. The van der Waals surface area contributed by atoms with E-state index in [0.29, 0.717) is 101 Å². The Balaban J connectivity index is 0.000000527. The van der Waals surface area contributed by atoms with Crippen LogP contribution in [-0.2, 0) is 33.2 Å². The molecule has 552 valence electrons. The van der Waals surface area contributed by atoms with Gasteiger partial charge in [-0.2, -0.15) is 52.7 Å². The van der Waals surface area contributed by atoms with Crippen molar-refractivity contribution in [2.24, 2.45) is 0 Å². The van der Waals surface area contributed by atoms with E-state index in [1.54, 1.807) is 46.4 Å². The van der Waals surface area contributed by atoms with Gasteiger partial charge in [0.25, 0.3) is 0 Å². The van der Waals surface area contributed by atoms with E-state index < -0.39 is 48.9 Å². The van der Waals surface area contributed by atoms with Gasteiger partial charge < -0.3 is 33.2 Å². The Bertz CT molecular complexity index is 1600. The highest BCUT2D eigenvalue weighted by Crippen LogP contribution is 2.34. The average Bonchev–Trinajstić information content (AvgIpc) is 1.37. The highest BCUT2D eigenvalue weighted by Gasteiger charge is 2.49. The van der Waals surface area contributed by atoms with Gasteiger partial charge in [-0.25, -0.2) is 0 Å². The molecule has 8 saturated heterocycles. The second kappa shape index (κ2) is 43.9. The predicted molar refractivity (Wildman–Crippen MR) is 342 cm³/mol. The monoisotopic (exact) mass is 1360 g/mol. The van der Waals surface area contributed by atoms with Crippen molar-refractivity contribution in [1.29, 1.82) is 0 Å². The van der Waals surface area contributed by atoms with Crippen molar-refractivity contribution in [1.82, 2.24) is 39.2 Å². The Morgan fingerprint density at radius 2 is 0.489 bits per heavy atom. The van der Waals surface area contributed by atoms with Crippen LogP contribution in [0.3, 0.4) is 0 Å². The summed E-state index contributed by atoms with van der Waals surface area (Å²) in [5.41, 5.74) is 0. The first-order valence-electron chi connectivity index (χ1n) is 34.0. The number of hydrogen-bond donors (Lipinski definition) is 0. The number of likely N-dealkylation sites (tertiary alicyclic amines) is 1. The maximum atomic E-state index is 12.5. The molecule has 15 nitrogen and oxygen atoms in total. The number of halogens is 12. The molecule has 0 spiro atoms. The molecule has 0 aromatic carbocycles. The molecule has 92 heavy (non-hydrogen) atoms. The van der Waals surface area contributed by atoms with Crippen molar-refractivity contribution >= 4 is 0 Å². The van der Waals surface area contributed by atoms with Gasteiger partial charge in [-0.05, 0) is 158 Å². The minimum atomic E-state index is -4.18. The molecule has 0 aromatic rings. The SMILES string of the molecule is CC(C)N1CCCC[C@@H]1C(F)(F)F.CC(C)N1CCOC[C@@H]1C(F)(F)F.CC(C)N1CCOC[C@H]1C(F)(F)F.CC(C)N1CCOC[C@H]1C(F)(F)F.CC(C)N1CCO[C@@H](C)C1.CC(C)N1CCO[C@@H](C)C1.CC(C)N1CCO[C@H](C)C1.CC(C)N1CCO[C@H](C)C1. The van der Waals surface area contributed by atoms with E-state index in [4.69, 9.17) is 33.2 Å². The third kappa shape index (κ3) is 35.4. The number of hydrogen-bond acceptors (Lipinski definition) is 15. The van der Waals surface area contributed by atoms with Crippen LogP contribution < -0.4 is 0 Å². The third-order valence-corrected chi connectivity index (χ3v) is 17.2. The molecule has 8 aliphatic heterocycles. The summed E-state index contributed by atoms with van der Waals surface area (Å²) in [7, 11) is 0.